The van der Waals surface area contributed by atoms with E-state index in [0.29, 0.717) is 6.42 Å². The summed E-state index contributed by atoms with van der Waals surface area (Å²) in [7, 11) is 1.31. The van der Waals surface area contributed by atoms with Crippen LogP contribution in [0.3, 0.4) is 0 Å². The van der Waals surface area contributed by atoms with Gasteiger partial charge in [-0.2, -0.15) is 0 Å². The van der Waals surface area contributed by atoms with Crippen molar-refractivity contribution < 1.29 is 19.0 Å². The standard InChI is InChI=1S/C25H26O4/c1-19(2)11-10-17-25(18-16-22(26)27-3)28-23(20-12-6-4-7-13-20)24(29-25)21-14-8-5-9-15-21/h4-9,11-15,23-24H,10,17H2,1-3H3/t23-,24-/m1/s1. The van der Waals surface area contributed by atoms with Crippen LogP contribution in [-0.4, -0.2) is 18.9 Å². The first-order chi connectivity index (χ1) is 14.0. The largest absolute Gasteiger partial charge is 0.459 e. The lowest BCUT2D eigenvalue weighted by atomic mass is 9.99. The quantitative estimate of drug-likeness (QED) is 0.307. The fraction of sp³-hybridized carbons (Fsp3) is 0.320. The van der Waals surface area contributed by atoms with E-state index in [9.17, 15) is 4.79 Å². The minimum absolute atomic E-state index is 0.336. The number of methoxy groups -OCH3 is 1. The van der Waals surface area contributed by atoms with Gasteiger partial charge >= 0.3 is 5.97 Å². The molecule has 2 atom stereocenters. The van der Waals surface area contributed by atoms with E-state index in [2.05, 4.69) is 22.7 Å². The molecule has 0 radical (unpaired) electrons. The third-order valence-corrected chi connectivity index (χ3v) is 4.73. The maximum Gasteiger partial charge on any atom is 0.384 e. The van der Waals surface area contributed by atoms with Gasteiger partial charge in [-0.1, -0.05) is 72.3 Å². The van der Waals surface area contributed by atoms with E-state index in [1.165, 1.54) is 12.7 Å². The summed E-state index contributed by atoms with van der Waals surface area (Å²) >= 11 is 0. The van der Waals surface area contributed by atoms with Crippen molar-refractivity contribution in [3.8, 4) is 11.8 Å². The molecule has 0 bridgehead atoms. The Kier molecular flexibility index (Phi) is 6.87. The molecule has 1 saturated heterocycles. The molecule has 0 aliphatic carbocycles. The van der Waals surface area contributed by atoms with Crippen LogP contribution in [-0.2, 0) is 19.0 Å². The summed E-state index contributed by atoms with van der Waals surface area (Å²) < 4.78 is 17.6. The van der Waals surface area contributed by atoms with Gasteiger partial charge in [0, 0.05) is 12.3 Å². The van der Waals surface area contributed by atoms with Gasteiger partial charge in [0.1, 0.15) is 12.2 Å². The molecule has 1 heterocycles. The Bertz CT molecular complexity index is 855. The van der Waals surface area contributed by atoms with E-state index in [0.717, 1.165) is 17.5 Å². The normalized spacial score (nSPS) is 19.7. The Morgan fingerprint density at radius 1 is 1.00 bits per heavy atom. The van der Waals surface area contributed by atoms with E-state index in [1.54, 1.807) is 0 Å². The third kappa shape index (κ3) is 5.35. The van der Waals surface area contributed by atoms with E-state index in [4.69, 9.17) is 9.47 Å². The lowest BCUT2D eigenvalue weighted by molar-refractivity contribution is -0.137. The zero-order chi connectivity index (χ0) is 20.7. The summed E-state index contributed by atoms with van der Waals surface area (Å²) in [5, 5.41) is 0. The van der Waals surface area contributed by atoms with Crippen molar-refractivity contribution in [2.75, 3.05) is 7.11 Å². The Labute approximate surface area is 172 Å². The topological polar surface area (TPSA) is 44.8 Å². The number of benzene rings is 2. The lowest BCUT2D eigenvalue weighted by Gasteiger charge is -2.21. The molecule has 1 aliphatic rings. The van der Waals surface area contributed by atoms with Crippen molar-refractivity contribution in [1.29, 1.82) is 0 Å². The van der Waals surface area contributed by atoms with Crippen LogP contribution in [0.25, 0.3) is 0 Å². The van der Waals surface area contributed by atoms with Gasteiger partial charge in [0.05, 0.1) is 7.11 Å². The average molecular weight is 390 g/mol. The Balaban J connectivity index is 2.00. The van der Waals surface area contributed by atoms with Crippen molar-refractivity contribution in [3.63, 3.8) is 0 Å². The maximum atomic E-state index is 11.7. The van der Waals surface area contributed by atoms with Crippen molar-refractivity contribution in [2.45, 2.75) is 44.7 Å². The molecule has 3 rings (SSSR count). The summed E-state index contributed by atoms with van der Waals surface area (Å²) in [5.74, 6) is 3.63. The molecule has 4 nitrogen and oxygen atoms in total. The van der Waals surface area contributed by atoms with Crippen LogP contribution in [0, 0.1) is 11.8 Å². The zero-order valence-corrected chi connectivity index (χ0v) is 17.1. The van der Waals surface area contributed by atoms with E-state index < -0.39 is 11.8 Å². The van der Waals surface area contributed by atoms with Crippen molar-refractivity contribution in [3.05, 3.63) is 83.4 Å². The highest BCUT2D eigenvalue weighted by molar-refractivity contribution is 5.88. The Morgan fingerprint density at radius 3 is 1.97 bits per heavy atom. The van der Waals surface area contributed by atoms with Crippen LogP contribution in [0.1, 0.15) is 50.0 Å². The maximum absolute atomic E-state index is 11.7. The average Bonchev–Trinajstić information content (AvgIpc) is 3.13. The predicted octanol–water partition coefficient (Wildman–Crippen LogP) is 5.13. The first-order valence-corrected chi connectivity index (χ1v) is 9.73. The van der Waals surface area contributed by atoms with Crippen LogP contribution < -0.4 is 0 Å². The Morgan fingerprint density at radius 2 is 1.52 bits per heavy atom. The van der Waals surface area contributed by atoms with Crippen LogP contribution in [0.4, 0.5) is 0 Å². The Hall–Kier alpha value is -2.87. The molecule has 0 spiro atoms. The number of allylic oxidation sites excluding steroid dienone is 2. The van der Waals surface area contributed by atoms with Crippen LogP contribution in [0.2, 0.25) is 0 Å². The summed E-state index contributed by atoms with van der Waals surface area (Å²) in [5.41, 5.74) is 3.22. The highest BCUT2D eigenvalue weighted by Gasteiger charge is 2.47. The minimum Gasteiger partial charge on any atom is -0.459 e. The number of hydrogen-bond donors (Lipinski definition) is 0. The second-order valence-electron chi connectivity index (χ2n) is 7.21. The molecule has 0 saturated carbocycles. The smallest absolute Gasteiger partial charge is 0.384 e. The molecule has 2 aromatic rings. The van der Waals surface area contributed by atoms with E-state index in [-0.39, 0.29) is 12.2 Å². The number of ether oxygens (including phenoxy) is 3. The molecular formula is C25H26O4. The number of esters is 1. The molecule has 0 unspecified atom stereocenters. The molecule has 29 heavy (non-hydrogen) atoms. The molecule has 0 amide bonds. The van der Waals surface area contributed by atoms with Crippen LogP contribution in [0.15, 0.2) is 72.3 Å². The highest BCUT2D eigenvalue weighted by atomic mass is 16.8. The molecule has 0 aromatic heterocycles. The molecular weight excluding hydrogens is 364 g/mol. The molecule has 4 heteroatoms. The summed E-state index contributed by atoms with van der Waals surface area (Å²) in [4.78, 5) is 11.7. The number of carbonyl (C=O) groups is 1. The van der Waals surface area contributed by atoms with E-state index >= 15 is 0 Å². The lowest BCUT2D eigenvalue weighted by Crippen LogP contribution is -2.28. The summed E-state index contributed by atoms with van der Waals surface area (Å²) in [6.45, 7) is 4.09. The van der Waals surface area contributed by atoms with Gasteiger partial charge in [0.15, 0.2) is 0 Å². The highest BCUT2D eigenvalue weighted by Crippen LogP contribution is 2.48. The van der Waals surface area contributed by atoms with Gasteiger partial charge in [0.2, 0.25) is 5.79 Å². The fourth-order valence-corrected chi connectivity index (χ4v) is 3.32. The summed E-state index contributed by atoms with van der Waals surface area (Å²) in [6, 6.07) is 19.9. The van der Waals surface area contributed by atoms with Crippen molar-refractivity contribution in [2.24, 2.45) is 0 Å². The van der Waals surface area contributed by atoms with Gasteiger partial charge in [-0.05, 0) is 37.3 Å². The van der Waals surface area contributed by atoms with Crippen molar-refractivity contribution >= 4 is 5.97 Å². The van der Waals surface area contributed by atoms with Crippen LogP contribution >= 0.6 is 0 Å². The van der Waals surface area contributed by atoms with Gasteiger partial charge in [-0.15, -0.1) is 0 Å². The third-order valence-electron chi connectivity index (χ3n) is 4.73. The number of carbonyl (C=O) groups excluding carboxylic acids is 1. The van der Waals surface area contributed by atoms with E-state index in [1.807, 2.05) is 74.5 Å². The van der Waals surface area contributed by atoms with Gasteiger partial charge in [-0.25, -0.2) is 4.79 Å². The second kappa shape index (κ2) is 9.56. The van der Waals surface area contributed by atoms with Gasteiger partial charge in [0.25, 0.3) is 0 Å². The fourth-order valence-electron chi connectivity index (χ4n) is 3.32. The first-order valence-electron chi connectivity index (χ1n) is 9.73. The summed E-state index contributed by atoms with van der Waals surface area (Å²) in [6.07, 6.45) is 2.67. The van der Waals surface area contributed by atoms with Crippen LogP contribution in [0.5, 0.6) is 0 Å². The molecule has 1 fully saturated rings. The van der Waals surface area contributed by atoms with Gasteiger partial charge in [-0.3, -0.25) is 0 Å². The van der Waals surface area contributed by atoms with Crippen molar-refractivity contribution in [1.82, 2.24) is 0 Å². The number of hydrogen-bond acceptors (Lipinski definition) is 4. The second-order valence-corrected chi connectivity index (χ2v) is 7.21. The van der Waals surface area contributed by atoms with Gasteiger partial charge < -0.3 is 14.2 Å². The first kappa shape index (κ1) is 20.9. The predicted molar refractivity (Wildman–Crippen MR) is 112 cm³/mol. The molecule has 150 valence electrons. The SMILES string of the molecule is COC(=O)C#CC1(CCC=C(C)C)O[C@H](c2ccccc2)[C@@H](c2ccccc2)O1. The zero-order valence-electron chi connectivity index (χ0n) is 17.1. The molecule has 1 aliphatic heterocycles. The number of rotatable bonds is 5. The molecule has 2 aromatic carbocycles. The molecule has 0 N–H and O–H groups in total. The minimum atomic E-state index is -1.19. The monoisotopic (exact) mass is 390 g/mol.